The normalized spacial score (nSPS) is 11.1. The zero-order valence-corrected chi connectivity index (χ0v) is 11.5. The van der Waals surface area contributed by atoms with Crippen LogP contribution in [-0.2, 0) is 6.54 Å². The first-order valence-electron chi connectivity index (χ1n) is 6.68. The topological polar surface area (TPSA) is 39.1 Å². The van der Waals surface area contributed by atoms with Crippen LogP contribution in [0.15, 0.2) is 36.4 Å². The van der Waals surface area contributed by atoms with Crippen LogP contribution in [0.4, 0.5) is 0 Å². The van der Waals surface area contributed by atoms with Gasteiger partial charge < -0.3 is 4.57 Å². The first kappa shape index (κ1) is 12.6. The molecule has 0 saturated heterocycles. The number of hydrogen-bond donors (Lipinski definition) is 0. The molecule has 0 atom stereocenters. The van der Waals surface area contributed by atoms with Crippen molar-refractivity contribution >= 4 is 33.9 Å². The number of fused-ring (bicyclic) bond motifs is 3. The second-order valence-electron chi connectivity index (χ2n) is 4.93. The molecule has 100 valence electrons. The Hall–Kier alpha value is -2.42. The molecule has 3 heteroatoms. The molecule has 1 heterocycles. The van der Waals surface area contributed by atoms with Gasteiger partial charge in [-0.05, 0) is 50.2 Å². The Bertz CT molecular complexity index is 843. The van der Waals surface area contributed by atoms with E-state index in [9.17, 15) is 9.59 Å². The van der Waals surface area contributed by atoms with Gasteiger partial charge in [-0.3, -0.25) is 9.59 Å². The van der Waals surface area contributed by atoms with E-state index in [1.165, 1.54) is 0 Å². The fraction of sp³-hybridized carbons (Fsp3) is 0.176. The van der Waals surface area contributed by atoms with Crippen LogP contribution in [0.3, 0.4) is 0 Å². The fourth-order valence-electron chi connectivity index (χ4n) is 2.75. The molecule has 3 nitrogen and oxygen atoms in total. The van der Waals surface area contributed by atoms with Gasteiger partial charge >= 0.3 is 0 Å². The molecule has 0 fully saturated rings. The van der Waals surface area contributed by atoms with Gasteiger partial charge in [-0.25, -0.2) is 0 Å². The van der Waals surface area contributed by atoms with Crippen LogP contribution in [-0.4, -0.2) is 16.6 Å². The minimum absolute atomic E-state index is 0.0517. The van der Waals surface area contributed by atoms with E-state index in [4.69, 9.17) is 0 Å². The fourth-order valence-corrected chi connectivity index (χ4v) is 2.75. The molecule has 2 aromatic carbocycles. The highest BCUT2D eigenvalue weighted by Gasteiger charge is 2.11. The maximum atomic E-state index is 11.6. The lowest BCUT2D eigenvalue weighted by Crippen LogP contribution is -1.94. The van der Waals surface area contributed by atoms with Gasteiger partial charge in [-0.15, -0.1) is 0 Å². The van der Waals surface area contributed by atoms with Gasteiger partial charge in [-0.1, -0.05) is 0 Å². The third-order valence-corrected chi connectivity index (χ3v) is 3.75. The smallest absolute Gasteiger partial charge is 0.159 e. The van der Waals surface area contributed by atoms with E-state index in [2.05, 4.69) is 11.5 Å². The van der Waals surface area contributed by atoms with E-state index in [1.54, 1.807) is 6.92 Å². The van der Waals surface area contributed by atoms with Crippen LogP contribution < -0.4 is 0 Å². The molecule has 0 aliphatic rings. The van der Waals surface area contributed by atoms with Crippen LogP contribution in [0, 0.1) is 0 Å². The maximum Gasteiger partial charge on any atom is 0.159 e. The molecular formula is C17H15NO2. The summed E-state index contributed by atoms with van der Waals surface area (Å²) in [4.78, 5) is 22.5. The molecule has 0 N–H and O–H groups in total. The van der Waals surface area contributed by atoms with Crippen molar-refractivity contribution in [3.05, 3.63) is 47.5 Å². The minimum Gasteiger partial charge on any atom is -0.341 e. The van der Waals surface area contributed by atoms with Crippen molar-refractivity contribution < 1.29 is 9.59 Å². The summed E-state index contributed by atoms with van der Waals surface area (Å²) in [7, 11) is 0. The monoisotopic (exact) mass is 265 g/mol. The average Bonchev–Trinajstić information content (AvgIpc) is 2.79. The third-order valence-electron chi connectivity index (χ3n) is 3.75. The van der Waals surface area contributed by atoms with Crippen molar-refractivity contribution in [2.75, 3.05) is 0 Å². The van der Waals surface area contributed by atoms with Crippen LogP contribution in [0.5, 0.6) is 0 Å². The quantitative estimate of drug-likeness (QED) is 0.533. The molecule has 0 bridgehead atoms. The van der Waals surface area contributed by atoms with E-state index in [1.807, 2.05) is 36.4 Å². The SMILES string of the molecule is CCn1c2ccc(C=O)cc2c2cc(C(C)=O)ccc21. The van der Waals surface area contributed by atoms with E-state index in [-0.39, 0.29) is 5.78 Å². The third kappa shape index (κ3) is 1.74. The number of Topliss-reactive ketones (excluding diaryl/α,β-unsaturated/α-hetero) is 1. The number of carbonyl (C=O) groups excluding carboxylic acids is 2. The number of nitrogens with zero attached hydrogens (tertiary/aromatic N) is 1. The van der Waals surface area contributed by atoms with Crippen molar-refractivity contribution in [1.29, 1.82) is 0 Å². The molecule has 3 rings (SSSR count). The standard InChI is InChI=1S/C17H15NO2/c1-3-18-16-6-4-12(10-19)8-14(16)15-9-13(11(2)20)5-7-17(15)18/h4-10H,3H2,1-2H3. The highest BCUT2D eigenvalue weighted by molar-refractivity contribution is 6.11. The lowest BCUT2D eigenvalue weighted by Gasteiger charge is -2.03. The summed E-state index contributed by atoms with van der Waals surface area (Å²) >= 11 is 0. The lowest BCUT2D eigenvalue weighted by molar-refractivity contribution is 0.101. The van der Waals surface area contributed by atoms with Crippen LogP contribution in [0.2, 0.25) is 0 Å². The number of aryl methyl sites for hydroxylation is 1. The van der Waals surface area contributed by atoms with E-state index in [0.717, 1.165) is 34.6 Å². The van der Waals surface area contributed by atoms with Gasteiger partial charge in [0.1, 0.15) is 6.29 Å². The predicted octanol–water partition coefficient (Wildman–Crippen LogP) is 3.83. The predicted molar refractivity (Wildman–Crippen MR) is 80.5 cm³/mol. The van der Waals surface area contributed by atoms with Crippen LogP contribution >= 0.6 is 0 Å². The van der Waals surface area contributed by atoms with Gasteiger partial charge in [0, 0.05) is 39.5 Å². The molecule has 0 aliphatic heterocycles. The zero-order chi connectivity index (χ0) is 14.3. The summed E-state index contributed by atoms with van der Waals surface area (Å²) in [6.45, 7) is 4.50. The Balaban J connectivity index is 2.47. The highest BCUT2D eigenvalue weighted by Crippen LogP contribution is 2.30. The lowest BCUT2D eigenvalue weighted by atomic mass is 10.1. The Kier molecular flexibility index (Phi) is 2.90. The summed E-state index contributed by atoms with van der Waals surface area (Å²) in [5.74, 6) is 0.0517. The number of aldehydes is 1. The molecule has 0 unspecified atom stereocenters. The Morgan fingerprint density at radius 3 is 2.35 bits per heavy atom. The summed E-state index contributed by atoms with van der Waals surface area (Å²) < 4.78 is 2.20. The molecule has 0 amide bonds. The maximum absolute atomic E-state index is 11.6. The van der Waals surface area contributed by atoms with Crippen LogP contribution in [0.25, 0.3) is 21.8 Å². The van der Waals surface area contributed by atoms with E-state index >= 15 is 0 Å². The molecule has 0 radical (unpaired) electrons. The molecule has 1 aromatic heterocycles. The molecule has 3 aromatic rings. The van der Waals surface area contributed by atoms with Gasteiger partial charge in [0.05, 0.1) is 0 Å². The summed E-state index contributed by atoms with van der Waals surface area (Å²) in [5, 5.41) is 2.05. The first-order chi connectivity index (χ1) is 9.65. The molecule has 0 spiro atoms. The number of carbonyl (C=O) groups is 2. The summed E-state index contributed by atoms with van der Waals surface area (Å²) in [6.07, 6.45) is 0.851. The Morgan fingerprint density at radius 2 is 1.75 bits per heavy atom. The molecule has 0 aliphatic carbocycles. The largest absolute Gasteiger partial charge is 0.341 e. The zero-order valence-electron chi connectivity index (χ0n) is 11.5. The summed E-state index contributed by atoms with van der Waals surface area (Å²) in [5.41, 5.74) is 3.54. The van der Waals surface area contributed by atoms with E-state index < -0.39 is 0 Å². The second-order valence-corrected chi connectivity index (χ2v) is 4.93. The van der Waals surface area contributed by atoms with Gasteiger partial charge in [0.15, 0.2) is 5.78 Å². The van der Waals surface area contributed by atoms with Crippen molar-refractivity contribution in [2.24, 2.45) is 0 Å². The number of hydrogen-bond acceptors (Lipinski definition) is 2. The van der Waals surface area contributed by atoms with Crippen LogP contribution in [0.1, 0.15) is 34.6 Å². The average molecular weight is 265 g/mol. The van der Waals surface area contributed by atoms with Crippen molar-refractivity contribution in [3.8, 4) is 0 Å². The van der Waals surface area contributed by atoms with Gasteiger partial charge in [-0.2, -0.15) is 0 Å². The highest BCUT2D eigenvalue weighted by atomic mass is 16.1. The number of rotatable bonds is 3. The van der Waals surface area contributed by atoms with Gasteiger partial charge in [0.2, 0.25) is 0 Å². The summed E-state index contributed by atoms with van der Waals surface area (Å²) in [6, 6.07) is 11.4. The van der Waals surface area contributed by atoms with E-state index in [0.29, 0.717) is 11.1 Å². The minimum atomic E-state index is 0.0517. The number of ketones is 1. The van der Waals surface area contributed by atoms with Gasteiger partial charge in [0.25, 0.3) is 0 Å². The number of benzene rings is 2. The van der Waals surface area contributed by atoms with Crippen molar-refractivity contribution in [2.45, 2.75) is 20.4 Å². The first-order valence-corrected chi connectivity index (χ1v) is 6.68. The molecule has 20 heavy (non-hydrogen) atoms. The Labute approximate surface area is 116 Å². The molecule has 0 saturated carbocycles. The van der Waals surface area contributed by atoms with Crippen molar-refractivity contribution in [1.82, 2.24) is 4.57 Å². The number of aromatic nitrogens is 1. The molecular weight excluding hydrogens is 250 g/mol. The second kappa shape index (κ2) is 4.60. The Morgan fingerprint density at radius 1 is 1.10 bits per heavy atom. The van der Waals surface area contributed by atoms with Crippen molar-refractivity contribution in [3.63, 3.8) is 0 Å².